The van der Waals surface area contributed by atoms with E-state index in [-0.39, 0.29) is 0 Å². The van der Waals surface area contributed by atoms with E-state index in [2.05, 4.69) is 39.4 Å². The van der Waals surface area contributed by atoms with Gasteiger partial charge in [0.1, 0.15) is 12.0 Å². The number of nitrogens with zero attached hydrogens (tertiary/aromatic N) is 3. The van der Waals surface area contributed by atoms with Gasteiger partial charge in [-0.15, -0.1) is 0 Å². The predicted molar refractivity (Wildman–Crippen MR) is 81.4 cm³/mol. The molecule has 20 heavy (non-hydrogen) atoms. The highest BCUT2D eigenvalue weighted by molar-refractivity contribution is 5.74. The number of aromatic nitrogens is 3. The summed E-state index contributed by atoms with van der Waals surface area (Å²) in [5, 5.41) is 6.47. The molecule has 0 bridgehead atoms. The van der Waals surface area contributed by atoms with Crippen molar-refractivity contribution in [3.05, 3.63) is 36.4 Å². The van der Waals surface area contributed by atoms with Crippen LogP contribution in [0.3, 0.4) is 0 Å². The fourth-order valence-corrected chi connectivity index (χ4v) is 1.68. The van der Waals surface area contributed by atoms with Gasteiger partial charge < -0.3 is 16.4 Å². The molecule has 0 saturated heterocycles. The number of nitrogen functional groups attached to an aromatic ring is 1. The summed E-state index contributed by atoms with van der Waals surface area (Å²) in [6.45, 7) is 4.82. The van der Waals surface area contributed by atoms with E-state index in [0.29, 0.717) is 29.9 Å². The van der Waals surface area contributed by atoms with Crippen LogP contribution in [-0.4, -0.2) is 21.0 Å². The van der Waals surface area contributed by atoms with Crippen molar-refractivity contribution >= 4 is 17.3 Å². The van der Waals surface area contributed by atoms with E-state index < -0.39 is 0 Å². The molecule has 1 unspecified atom stereocenters. The molecule has 6 nitrogen and oxygen atoms in total. The zero-order valence-corrected chi connectivity index (χ0v) is 11.8. The average Bonchev–Trinajstić information content (AvgIpc) is 2.49. The molecule has 0 aromatic carbocycles. The summed E-state index contributed by atoms with van der Waals surface area (Å²) in [6.07, 6.45) is 6.06. The summed E-state index contributed by atoms with van der Waals surface area (Å²) in [6, 6.07) is 4.21. The molecular formula is C14H20N6. The second-order valence-corrected chi connectivity index (χ2v) is 4.65. The molecule has 0 aliphatic rings. The van der Waals surface area contributed by atoms with Crippen LogP contribution >= 0.6 is 0 Å². The lowest BCUT2D eigenvalue weighted by atomic mass is 10.2. The summed E-state index contributed by atoms with van der Waals surface area (Å²) in [7, 11) is 0. The third-order valence-corrected chi connectivity index (χ3v) is 3.06. The predicted octanol–water partition coefficient (Wildman–Crippen LogP) is 2.28. The number of pyridine rings is 1. The highest BCUT2D eigenvalue weighted by atomic mass is 15.1. The summed E-state index contributed by atoms with van der Waals surface area (Å²) < 4.78 is 0. The van der Waals surface area contributed by atoms with Crippen molar-refractivity contribution in [3.63, 3.8) is 0 Å². The van der Waals surface area contributed by atoms with Gasteiger partial charge in [0.05, 0.1) is 0 Å². The van der Waals surface area contributed by atoms with Gasteiger partial charge in [-0.05, 0) is 25.0 Å². The first-order chi connectivity index (χ1) is 9.70. The fraction of sp³-hybridized carbons (Fsp3) is 0.357. The molecule has 106 valence electrons. The molecule has 0 aliphatic carbocycles. The minimum atomic E-state index is 0.318. The molecule has 0 aliphatic heterocycles. The molecule has 0 radical (unpaired) electrons. The Bertz CT molecular complexity index is 543. The van der Waals surface area contributed by atoms with Gasteiger partial charge in [-0.25, -0.2) is 9.97 Å². The van der Waals surface area contributed by atoms with Gasteiger partial charge in [0.15, 0.2) is 11.6 Å². The first-order valence-corrected chi connectivity index (χ1v) is 6.70. The quantitative estimate of drug-likeness (QED) is 0.747. The maximum atomic E-state index is 6.08. The fourth-order valence-electron chi connectivity index (χ4n) is 1.68. The van der Waals surface area contributed by atoms with Crippen LogP contribution in [0.1, 0.15) is 25.8 Å². The Balaban J connectivity index is 2.06. The Hall–Kier alpha value is -2.37. The zero-order valence-electron chi connectivity index (χ0n) is 11.8. The second-order valence-electron chi connectivity index (χ2n) is 4.65. The van der Waals surface area contributed by atoms with Gasteiger partial charge in [-0.1, -0.05) is 13.0 Å². The molecule has 0 fully saturated rings. The first-order valence-electron chi connectivity index (χ1n) is 6.70. The van der Waals surface area contributed by atoms with E-state index in [1.165, 1.54) is 6.33 Å². The van der Waals surface area contributed by atoms with Crippen LogP contribution in [0.15, 0.2) is 30.9 Å². The minimum absolute atomic E-state index is 0.318. The number of hydrogen-bond acceptors (Lipinski definition) is 6. The summed E-state index contributed by atoms with van der Waals surface area (Å²) in [5.41, 5.74) is 7.69. The van der Waals surface area contributed by atoms with E-state index in [1.807, 2.05) is 18.3 Å². The SMILES string of the molecule is CCC(C)Nc1ncnc(NCc2cccnc2)c1N. The maximum absolute atomic E-state index is 6.08. The van der Waals surface area contributed by atoms with Crippen LogP contribution < -0.4 is 16.4 Å². The Morgan fingerprint density at radius 1 is 1.30 bits per heavy atom. The van der Waals surface area contributed by atoms with E-state index in [0.717, 1.165) is 12.0 Å². The summed E-state index contributed by atoms with van der Waals surface area (Å²) in [5.74, 6) is 1.30. The van der Waals surface area contributed by atoms with E-state index in [4.69, 9.17) is 5.73 Å². The molecule has 0 spiro atoms. The number of hydrogen-bond donors (Lipinski definition) is 3. The third kappa shape index (κ3) is 3.57. The Labute approximate surface area is 118 Å². The van der Waals surface area contributed by atoms with Crippen molar-refractivity contribution in [2.45, 2.75) is 32.9 Å². The Kier molecular flexibility index (Phi) is 4.70. The molecule has 1 atom stereocenters. The van der Waals surface area contributed by atoms with Gasteiger partial charge in [0.25, 0.3) is 0 Å². The smallest absolute Gasteiger partial charge is 0.155 e. The molecule has 0 amide bonds. The van der Waals surface area contributed by atoms with Crippen molar-refractivity contribution in [1.29, 1.82) is 0 Å². The van der Waals surface area contributed by atoms with Gasteiger partial charge in [-0.2, -0.15) is 0 Å². The van der Waals surface area contributed by atoms with Crippen LogP contribution in [0.5, 0.6) is 0 Å². The summed E-state index contributed by atoms with van der Waals surface area (Å²) >= 11 is 0. The van der Waals surface area contributed by atoms with Gasteiger partial charge in [-0.3, -0.25) is 4.98 Å². The maximum Gasteiger partial charge on any atom is 0.155 e. The lowest BCUT2D eigenvalue weighted by Crippen LogP contribution is -2.17. The van der Waals surface area contributed by atoms with Crippen molar-refractivity contribution in [2.75, 3.05) is 16.4 Å². The number of nitrogens with one attached hydrogen (secondary N) is 2. The van der Waals surface area contributed by atoms with E-state index >= 15 is 0 Å². The lowest BCUT2D eigenvalue weighted by molar-refractivity contribution is 0.759. The number of nitrogens with two attached hydrogens (primary N) is 1. The van der Waals surface area contributed by atoms with Crippen molar-refractivity contribution in [1.82, 2.24) is 15.0 Å². The second kappa shape index (κ2) is 6.70. The third-order valence-electron chi connectivity index (χ3n) is 3.06. The van der Waals surface area contributed by atoms with E-state index in [1.54, 1.807) is 6.20 Å². The largest absolute Gasteiger partial charge is 0.393 e. The lowest BCUT2D eigenvalue weighted by Gasteiger charge is -2.15. The molecule has 2 aromatic heterocycles. The van der Waals surface area contributed by atoms with Crippen molar-refractivity contribution in [2.24, 2.45) is 0 Å². The number of anilines is 3. The van der Waals surface area contributed by atoms with Gasteiger partial charge in [0, 0.05) is 25.0 Å². The van der Waals surface area contributed by atoms with Crippen molar-refractivity contribution < 1.29 is 0 Å². The standard InChI is InChI=1S/C14H20N6/c1-3-10(2)20-14-12(15)13(18-9-19-14)17-8-11-5-4-6-16-7-11/h4-7,9-10H,3,8,15H2,1-2H3,(H2,17,18,19,20). The zero-order chi connectivity index (χ0) is 14.4. The van der Waals surface area contributed by atoms with Crippen molar-refractivity contribution in [3.8, 4) is 0 Å². The van der Waals surface area contributed by atoms with Gasteiger partial charge in [0.2, 0.25) is 0 Å². The summed E-state index contributed by atoms with van der Waals surface area (Å²) in [4.78, 5) is 12.4. The Morgan fingerprint density at radius 3 is 2.80 bits per heavy atom. The highest BCUT2D eigenvalue weighted by Gasteiger charge is 2.09. The average molecular weight is 272 g/mol. The molecule has 4 N–H and O–H groups in total. The monoisotopic (exact) mass is 272 g/mol. The molecule has 0 saturated carbocycles. The normalized spacial score (nSPS) is 11.9. The topological polar surface area (TPSA) is 88.8 Å². The van der Waals surface area contributed by atoms with Crippen LogP contribution in [0.2, 0.25) is 0 Å². The van der Waals surface area contributed by atoms with Crippen LogP contribution in [0.4, 0.5) is 17.3 Å². The van der Waals surface area contributed by atoms with E-state index in [9.17, 15) is 0 Å². The van der Waals surface area contributed by atoms with Crippen LogP contribution in [0.25, 0.3) is 0 Å². The molecule has 2 rings (SSSR count). The first kappa shape index (κ1) is 14.0. The molecule has 6 heteroatoms. The van der Waals surface area contributed by atoms with Gasteiger partial charge >= 0.3 is 0 Å². The Morgan fingerprint density at radius 2 is 2.10 bits per heavy atom. The molecule has 2 heterocycles. The number of rotatable bonds is 6. The van der Waals surface area contributed by atoms with Crippen LogP contribution in [0, 0.1) is 0 Å². The highest BCUT2D eigenvalue weighted by Crippen LogP contribution is 2.23. The minimum Gasteiger partial charge on any atom is -0.393 e. The molecule has 2 aromatic rings. The molecular weight excluding hydrogens is 252 g/mol. The van der Waals surface area contributed by atoms with Crippen LogP contribution in [-0.2, 0) is 6.54 Å².